The summed E-state index contributed by atoms with van der Waals surface area (Å²) in [6.07, 6.45) is 0.792. The molecule has 1 amide bonds. The number of rotatable bonds is 7. The first-order chi connectivity index (χ1) is 9.45. The predicted octanol–water partition coefficient (Wildman–Crippen LogP) is 2.99. The van der Waals surface area contributed by atoms with Gasteiger partial charge in [0.15, 0.2) is 0 Å². The van der Waals surface area contributed by atoms with E-state index in [1.807, 2.05) is 25.1 Å². The number of nitrogens with one attached hydrogen (secondary N) is 1. The summed E-state index contributed by atoms with van der Waals surface area (Å²) in [5, 5.41) is 11.7. The lowest BCUT2D eigenvalue weighted by Crippen LogP contribution is -2.45. The standard InChI is InChI=1S/C14H19BrN2O3.ClH/c1-3-8-17(9-13(18)19)10(2)14(20)16-12-7-5-4-6-11(12)15;/h4-7,10H,3,8-9H2,1-2H3,(H,16,20)(H,18,19);1H. The number of halogens is 2. The van der Waals surface area contributed by atoms with E-state index < -0.39 is 12.0 Å². The second-order valence-electron chi connectivity index (χ2n) is 4.51. The average molecular weight is 380 g/mol. The SMILES string of the molecule is CCCN(CC(=O)O)C(C)C(=O)Nc1ccccc1Br.Cl. The zero-order valence-electron chi connectivity index (χ0n) is 12.0. The molecule has 0 radical (unpaired) electrons. The topological polar surface area (TPSA) is 69.6 Å². The molecule has 1 unspecified atom stereocenters. The summed E-state index contributed by atoms with van der Waals surface area (Å²) >= 11 is 3.36. The number of carboxylic acids is 1. The third kappa shape index (κ3) is 6.46. The lowest BCUT2D eigenvalue weighted by molar-refractivity contribution is -0.139. The van der Waals surface area contributed by atoms with E-state index >= 15 is 0 Å². The maximum atomic E-state index is 12.2. The molecule has 0 aliphatic rings. The molecule has 0 aliphatic heterocycles. The highest BCUT2D eigenvalue weighted by molar-refractivity contribution is 9.10. The van der Waals surface area contributed by atoms with Gasteiger partial charge in [0, 0.05) is 4.47 Å². The number of anilines is 1. The second-order valence-corrected chi connectivity index (χ2v) is 5.36. The minimum Gasteiger partial charge on any atom is -0.480 e. The molecular weight excluding hydrogens is 360 g/mol. The molecule has 0 aliphatic carbocycles. The highest BCUT2D eigenvalue weighted by Gasteiger charge is 2.23. The van der Waals surface area contributed by atoms with Gasteiger partial charge in [0.1, 0.15) is 0 Å². The first-order valence-electron chi connectivity index (χ1n) is 6.47. The van der Waals surface area contributed by atoms with Gasteiger partial charge in [0.2, 0.25) is 5.91 Å². The van der Waals surface area contributed by atoms with Crippen LogP contribution in [0.3, 0.4) is 0 Å². The summed E-state index contributed by atoms with van der Waals surface area (Å²) in [5.74, 6) is -1.15. The fourth-order valence-corrected chi connectivity index (χ4v) is 2.22. The largest absolute Gasteiger partial charge is 0.480 e. The third-order valence-electron chi connectivity index (χ3n) is 2.91. The molecule has 5 nitrogen and oxygen atoms in total. The van der Waals surface area contributed by atoms with Crippen LogP contribution in [-0.2, 0) is 9.59 Å². The van der Waals surface area contributed by atoms with Gasteiger partial charge in [-0.25, -0.2) is 0 Å². The summed E-state index contributed by atoms with van der Waals surface area (Å²) in [4.78, 5) is 24.7. The van der Waals surface area contributed by atoms with Crippen LogP contribution >= 0.6 is 28.3 Å². The van der Waals surface area contributed by atoms with Crippen molar-refractivity contribution in [3.05, 3.63) is 28.7 Å². The number of para-hydroxylation sites is 1. The van der Waals surface area contributed by atoms with Crippen LogP contribution in [0.25, 0.3) is 0 Å². The molecule has 1 rings (SSSR count). The molecule has 1 aromatic carbocycles. The van der Waals surface area contributed by atoms with Gasteiger partial charge >= 0.3 is 5.97 Å². The first-order valence-corrected chi connectivity index (χ1v) is 7.26. The summed E-state index contributed by atoms with van der Waals surface area (Å²) in [6.45, 7) is 4.09. The Kier molecular flexibility index (Phi) is 9.24. The number of hydrogen-bond acceptors (Lipinski definition) is 3. The fourth-order valence-electron chi connectivity index (χ4n) is 1.84. The summed E-state index contributed by atoms with van der Waals surface area (Å²) < 4.78 is 0.792. The van der Waals surface area contributed by atoms with E-state index in [0.717, 1.165) is 10.9 Å². The van der Waals surface area contributed by atoms with Crippen LogP contribution in [0.15, 0.2) is 28.7 Å². The van der Waals surface area contributed by atoms with Crippen molar-refractivity contribution in [1.82, 2.24) is 4.90 Å². The highest BCUT2D eigenvalue weighted by atomic mass is 79.9. The van der Waals surface area contributed by atoms with Gasteiger partial charge < -0.3 is 10.4 Å². The molecule has 0 saturated carbocycles. The van der Waals surface area contributed by atoms with Gasteiger partial charge in [-0.3, -0.25) is 14.5 Å². The number of nitrogens with zero attached hydrogens (tertiary/aromatic N) is 1. The predicted molar refractivity (Wildman–Crippen MR) is 89.0 cm³/mol. The van der Waals surface area contributed by atoms with Crippen molar-refractivity contribution in [3.8, 4) is 0 Å². The zero-order chi connectivity index (χ0) is 15.1. The Labute approximate surface area is 139 Å². The monoisotopic (exact) mass is 378 g/mol. The Morgan fingerprint density at radius 2 is 2.00 bits per heavy atom. The second kappa shape index (κ2) is 9.76. The molecule has 1 aromatic rings. The third-order valence-corrected chi connectivity index (χ3v) is 3.60. The molecule has 118 valence electrons. The molecule has 0 fully saturated rings. The highest BCUT2D eigenvalue weighted by Crippen LogP contribution is 2.21. The van der Waals surface area contributed by atoms with E-state index in [-0.39, 0.29) is 24.9 Å². The van der Waals surface area contributed by atoms with Crippen LogP contribution in [0.2, 0.25) is 0 Å². The normalized spacial score (nSPS) is 11.6. The maximum Gasteiger partial charge on any atom is 0.317 e. The van der Waals surface area contributed by atoms with Gasteiger partial charge in [0.25, 0.3) is 0 Å². The van der Waals surface area contributed by atoms with Gasteiger partial charge in [-0.2, -0.15) is 0 Å². The molecule has 0 saturated heterocycles. The Morgan fingerprint density at radius 1 is 1.38 bits per heavy atom. The van der Waals surface area contributed by atoms with E-state index in [4.69, 9.17) is 5.11 Å². The van der Waals surface area contributed by atoms with Crippen LogP contribution in [-0.4, -0.2) is 41.0 Å². The van der Waals surface area contributed by atoms with Crippen LogP contribution < -0.4 is 5.32 Å². The number of carbonyl (C=O) groups excluding carboxylic acids is 1. The lowest BCUT2D eigenvalue weighted by Gasteiger charge is -2.26. The van der Waals surface area contributed by atoms with E-state index in [2.05, 4.69) is 21.2 Å². The molecule has 2 N–H and O–H groups in total. The average Bonchev–Trinajstić information content (AvgIpc) is 2.39. The Hall–Kier alpha value is -1.11. The van der Waals surface area contributed by atoms with E-state index in [0.29, 0.717) is 12.2 Å². The number of amides is 1. The number of carboxylic acid groups (broad SMARTS) is 1. The first kappa shape index (κ1) is 19.9. The maximum absolute atomic E-state index is 12.2. The van der Waals surface area contributed by atoms with Gasteiger partial charge in [-0.15, -0.1) is 12.4 Å². The van der Waals surface area contributed by atoms with Crippen LogP contribution in [0.1, 0.15) is 20.3 Å². The van der Waals surface area contributed by atoms with Gasteiger partial charge in [-0.1, -0.05) is 19.1 Å². The molecular formula is C14H20BrClN2O3. The molecule has 0 bridgehead atoms. The zero-order valence-corrected chi connectivity index (χ0v) is 14.4. The van der Waals surface area contributed by atoms with Crippen LogP contribution in [0, 0.1) is 0 Å². The van der Waals surface area contributed by atoms with Crippen LogP contribution in [0.5, 0.6) is 0 Å². The van der Waals surface area contributed by atoms with E-state index in [1.54, 1.807) is 17.9 Å². The van der Waals surface area contributed by atoms with E-state index in [1.165, 1.54) is 0 Å². The fraction of sp³-hybridized carbons (Fsp3) is 0.429. The minimum absolute atomic E-state index is 0. The van der Waals surface area contributed by atoms with Crippen LogP contribution in [0.4, 0.5) is 5.69 Å². The summed E-state index contributed by atoms with van der Waals surface area (Å²) in [6, 6.07) is 6.80. The van der Waals surface area contributed by atoms with Gasteiger partial charge in [0.05, 0.1) is 18.3 Å². The number of hydrogen-bond donors (Lipinski definition) is 2. The Balaban J connectivity index is 0.00000400. The molecule has 7 heteroatoms. The number of benzene rings is 1. The van der Waals surface area contributed by atoms with Crippen molar-refractivity contribution < 1.29 is 14.7 Å². The van der Waals surface area contributed by atoms with E-state index in [9.17, 15) is 9.59 Å². The molecule has 0 spiro atoms. The Morgan fingerprint density at radius 3 is 2.52 bits per heavy atom. The van der Waals surface area contributed by atoms with Crippen molar-refractivity contribution in [2.75, 3.05) is 18.4 Å². The summed E-state index contributed by atoms with van der Waals surface area (Å²) in [7, 11) is 0. The van der Waals surface area contributed by atoms with Crippen molar-refractivity contribution >= 4 is 45.9 Å². The molecule has 0 aromatic heterocycles. The van der Waals surface area contributed by atoms with Crippen molar-refractivity contribution in [2.24, 2.45) is 0 Å². The lowest BCUT2D eigenvalue weighted by atomic mass is 10.2. The van der Waals surface area contributed by atoms with Crippen molar-refractivity contribution in [1.29, 1.82) is 0 Å². The Bertz CT molecular complexity index is 485. The van der Waals surface area contributed by atoms with Crippen molar-refractivity contribution in [2.45, 2.75) is 26.3 Å². The molecule has 0 heterocycles. The number of aliphatic carboxylic acids is 1. The quantitative estimate of drug-likeness (QED) is 0.764. The molecule has 1 atom stereocenters. The summed E-state index contributed by atoms with van der Waals surface area (Å²) in [5.41, 5.74) is 0.677. The number of carbonyl (C=O) groups is 2. The van der Waals surface area contributed by atoms with Gasteiger partial charge in [-0.05, 0) is 48.0 Å². The smallest absolute Gasteiger partial charge is 0.317 e. The van der Waals surface area contributed by atoms with Crippen molar-refractivity contribution in [3.63, 3.8) is 0 Å². The minimum atomic E-state index is -0.931. The molecule has 21 heavy (non-hydrogen) atoms.